The van der Waals surface area contributed by atoms with E-state index in [0.29, 0.717) is 32.9 Å². The summed E-state index contributed by atoms with van der Waals surface area (Å²) < 4.78 is 11.4. The topological polar surface area (TPSA) is 59.1 Å². The first-order valence-corrected chi connectivity index (χ1v) is 11.3. The van der Waals surface area contributed by atoms with E-state index < -0.39 is 10.8 Å². The van der Waals surface area contributed by atoms with Gasteiger partial charge in [-0.3, -0.25) is 14.3 Å². The van der Waals surface area contributed by atoms with Crippen LogP contribution in [-0.4, -0.2) is 21.4 Å². The first-order valence-electron chi connectivity index (χ1n) is 8.00. The molecule has 27 heavy (non-hydrogen) atoms. The minimum atomic E-state index is -0.958. The van der Waals surface area contributed by atoms with Crippen LogP contribution in [0.15, 0.2) is 48.7 Å². The van der Waals surface area contributed by atoms with Crippen LogP contribution in [0.25, 0.3) is 0 Å². The number of nitrogens with zero attached hydrogens (tertiary/aromatic N) is 1. The molecule has 1 amide bonds. The van der Waals surface area contributed by atoms with Crippen LogP contribution < -0.4 is 5.32 Å². The predicted molar refractivity (Wildman–Crippen MR) is 114 cm³/mol. The molecule has 1 aromatic heterocycles. The monoisotopic (exact) mass is 438 g/mol. The molecule has 0 spiro atoms. The molecule has 140 valence electrons. The number of aromatic nitrogens is 1. The van der Waals surface area contributed by atoms with Gasteiger partial charge in [0.2, 0.25) is 0 Å². The van der Waals surface area contributed by atoms with Crippen molar-refractivity contribution >= 4 is 56.4 Å². The molecule has 1 unspecified atom stereocenters. The summed E-state index contributed by atoms with van der Waals surface area (Å²) in [6, 6.07) is 12.6. The number of hydrogen-bond donors (Lipinski definition) is 1. The molecule has 0 aliphatic rings. The Kier molecular flexibility index (Phi) is 6.65. The number of thiazole rings is 1. The van der Waals surface area contributed by atoms with E-state index in [2.05, 4.69) is 10.3 Å². The third-order valence-corrected chi connectivity index (χ3v) is 6.24. The molecule has 1 atom stereocenters. The molecule has 8 heteroatoms. The summed E-state index contributed by atoms with van der Waals surface area (Å²) in [5.41, 5.74) is 2.28. The Morgan fingerprint density at radius 2 is 2.00 bits per heavy atom. The number of amides is 1. The fourth-order valence-corrected chi connectivity index (χ4v) is 4.39. The van der Waals surface area contributed by atoms with Crippen molar-refractivity contribution < 1.29 is 9.00 Å². The minimum Gasteiger partial charge on any atom is -0.298 e. The summed E-state index contributed by atoms with van der Waals surface area (Å²) in [5.74, 6) is 0.170. The maximum atomic E-state index is 12.5. The van der Waals surface area contributed by atoms with Crippen LogP contribution in [0.3, 0.4) is 0 Å². The Labute approximate surface area is 174 Å². The van der Waals surface area contributed by atoms with Gasteiger partial charge in [0.1, 0.15) is 0 Å². The quantitative estimate of drug-likeness (QED) is 0.577. The maximum absolute atomic E-state index is 12.5. The SMILES string of the molecule is CS(=O)Cc1cccc(C(=O)Nc2ncc(Cc3cccc(Cl)c3Cl)s2)c1. The highest BCUT2D eigenvalue weighted by Crippen LogP contribution is 2.29. The number of benzene rings is 2. The molecule has 4 nitrogen and oxygen atoms in total. The minimum absolute atomic E-state index is 0.250. The van der Waals surface area contributed by atoms with Gasteiger partial charge in [0.05, 0.1) is 10.0 Å². The normalized spacial score (nSPS) is 12.0. The van der Waals surface area contributed by atoms with Gasteiger partial charge in [0.25, 0.3) is 5.91 Å². The summed E-state index contributed by atoms with van der Waals surface area (Å²) in [6.45, 7) is 0. The summed E-state index contributed by atoms with van der Waals surface area (Å²) in [4.78, 5) is 17.7. The van der Waals surface area contributed by atoms with Crippen molar-refractivity contribution in [2.24, 2.45) is 0 Å². The Bertz CT molecular complexity index is 1000. The van der Waals surface area contributed by atoms with Crippen LogP contribution in [0.4, 0.5) is 5.13 Å². The van der Waals surface area contributed by atoms with Gasteiger partial charge in [-0.05, 0) is 29.3 Å². The molecular weight excluding hydrogens is 423 g/mol. The second-order valence-corrected chi connectivity index (χ2v) is 9.23. The number of anilines is 1. The van der Waals surface area contributed by atoms with Crippen LogP contribution in [-0.2, 0) is 23.0 Å². The molecule has 3 aromatic rings. The zero-order valence-electron chi connectivity index (χ0n) is 14.4. The Morgan fingerprint density at radius 3 is 2.78 bits per heavy atom. The molecule has 2 aromatic carbocycles. The molecule has 1 heterocycles. The van der Waals surface area contributed by atoms with Crippen molar-refractivity contribution in [2.45, 2.75) is 12.2 Å². The smallest absolute Gasteiger partial charge is 0.257 e. The van der Waals surface area contributed by atoms with E-state index in [1.54, 1.807) is 36.7 Å². The van der Waals surface area contributed by atoms with E-state index in [4.69, 9.17) is 23.2 Å². The van der Waals surface area contributed by atoms with E-state index in [0.717, 1.165) is 16.0 Å². The average Bonchev–Trinajstić information content (AvgIpc) is 3.05. The van der Waals surface area contributed by atoms with Gasteiger partial charge in [-0.2, -0.15) is 0 Å². The Hall–Kier alpha value is -1.73. The first kappa shape index (κ1) is 20.0. The summed E-state index contributed by atoms with van der Waals surface area (Å²) in [6.07, 6.45) is 3.94. The lowest BCUT2D eigenvalue weighted by Gasteiger charge is -2.04. The molecule has 0 radical (unpaired) electrons. The number of carbonyl (C=O) groups is 1. The molecule has 0 aliphatic heterocycles. The van der Waals surface area contributed by atoms with Crippen molar-refractivity contribution in [1.29, 1.82) is 0 Å². The Balaban J connectivity index is 1.69. The second-order valence-electron chi connectivity index (χ2n) is 5.89. The van der Waals surface area contributed by atoms with Gasteiger partial charge in [0.15, 0.2) is 5.13 Å². The number of hydrogen-bond acceptors (Lipinski definition) is 4. The Morgan fingerprint density at radius 1 is 1.22 bits per heavy atom. The van der Waals surface area contributed by atoms with E-state index >= 15 is 0 Å². The lowest BCUT2D eigenvalue weighted by Crippen LogP contribution is -2.12. The molecule has 0 aliphatic carbocycles. The summed E-state index contributed by atoms with van der Waals surface area (Å²) in [5, 5.41) is 4.36. The van der Waals surface area contributed by atoms with E-state index in [1.807, 2.05) is 18.2 Å². The van der Waals surface area contributed by atoms with Gasteiger partial charge in [-0.15, -0.1) is 11.3 Å². The molecule has 0 bridgehead atoms. The number of halogens is 2. The van der Waals surface area contributed by atoms with E-state index in [-0.39, 0.29) is 5.91 Å². The van der Waals surface area contributed by atoms with Crippen LogP contribution in [0.2, 0.25) is 10.0 Å². The first-order chi connectivity index (χ1) is 12.9. The van der Waals surface area contributed by atoms with Crippen molar-refractivity contribution in [2.75, 3.05) is 11.6 Å². The third kappa shape index (κ3) is 5.39. The van der Waals surface area contributed by atoms with Crippen molar-refractivity contribution in [3.05, 3.63) is 80.3 Å². The third-order valence-electron chi connectivity index (χ3n) is 3.73. The fraction of sp³-hybridized carbons (Fsp3) is 0.158. The maximum Gasteiger partial charge on any atom is 0.257 e. The highest BCUT2D eigenvalue weighted by molar-refractivity contribution is 7.83. The van der Waals surface area contributed by atoms with Crippen molar-refractivity contribution in [3.8, 4) is 0 Å². The van der Waals surface area contributed by atoms with Gasteiger partial charge >= 0.3 is 0 Å². The van der Waals surface area contributed by atoms with Gasteiger partial charge in [-0.25, -0.2) is 4.98 Å². The van der Waals surface area contributed by atoms with Gasteiger partial charge < -0.3 is 0 Å². The van der Waals surface area contributed by atoms with Crippen LogP contribution in [0, 0.1) is 0 Å². The van der Waals surface area contributed by atoms with Gasteiger partial charge in [-0.1, -0.05) is 47.5 Å². The standard InChI is InChI=1S/C19H16Cl2N2O2S2/c1-27(25)11-12-4-2-6-14(8-12)18(24)23-19-22-10-15(26-19)9-13-5-3-7-16(20)17(13)21/h2-8,10H,9,11H2,1H3,(H,22,23,24). The molecule has 1 N–H and O–H groups in total. The van der Waals surface area contributed by atoms with Crippen LogP contribution in [0.1, 0.15) is 26.4 Å². The molecule has 0 saturated heterocycles. The highest BCUT2D eigenvalue weighted by Gasteiger charge is 2.12. The zero-order valence-corrected chi connectivity index (χ0v) is 17.5. The number of carbonyl (C=O) groups excluding carboxylic acids is 1. The lowest BCUT2D eigenvalue weighted by molar-refractivity contribution is 0.102. The number of rotatable bonds is 6. The number of nitrogens with one attached hydrogen (secondary N) is 1. The summed E-state index contributed by atoms with van der Waals surface area (Å²) in [7, 11) is -0.958. The fourth-order valence-electron chi connectivity index (χ4n) is 2.53. The predicted octanol–water partition coefficient (Wildman–Crippen LogP) is 5.17. The molecule has 0 saturated carbocycles. The lowest BCUT2D eigenvalue weighted by atomic mass is 10.1. The van der Waals surface area contributed by atoms with Gasteiger partial charge in [0, 0.05) is 45.9 Å². The highest BCUT2D eigenvalue weighted by atomic mass is 35.5. The molecule has 3 rings (SSSR count). The van der Waals surface area contributed by atoms with Crippen molar-refractivity contribution in [1.82, 2.24) is 4.98 Å². The molecule has 0 fully saturated rings. The largest absolute Gasteiger partial charge is 0.298 e. The molecular formula is C19H16Cl2N2O2S2. The van der Waals surface area contributed by atoms with Crippen molar-refractivity contribution in [3.63, 3.8) is 0 Å². The second kappa shape index (κ2) is 8.97. The van der Waals surface area contributed by atoms with E-state index in [1.165, 1.54) is 11.3 Å². The summed E-state index contributed by atoms with van der Waals surface area (Å²) >= 11 is 13.7. The van der Waals surface area contributed by atoms with Crippen LogP contribution >= 0.6 is 34.5 Å². The zero-order chi connectivity index (χ0) is 19.4. The van der Waals surface area contributed by atoms with Crippen LogP contribution in [0.5, 0.6) is 0 Å². The van der Waals surface area contributed by atoms with E-state index in [9.17, 15) is 9.00 Å². The average molecular weight is 439 g/mol.